The number of benzene rings is 1. The molecule has 1 aromatic carbocycles. The molecular weight excluding hydrogens is 422 g/mol. The van der Waals surface area contributed by atoms with E-state index in [1.165, 1.54) is 10.4 Å². The third-order valence-electron chi connectivity index (χ3n) is 6.27. The van der Waals surface area contributed by atoms with Crippen LogP contribution in [0.5, 0.6) is 0 Å². The SMILES string of the molecule is CC[C@@H](Nc1ncc2n(c1=O)[C@H](C(=O)NCc1cc3c(s1)CNC3)CC2)c1ccccc1. The van der Waals surface area contributed by atoms with Gasteiger partial charge in [-0.3, -0.25) is 14.2 Å². The number of carbonyl (C=O) groups excluding carboxylic acids is 1. The maximum Gasteiger partial charge on any atom is 0.294 e. The topological polar surface area (TPSA) is 88.0 Å². The van der Waals surface area contributed by atoms with E-state index in [0.29, 0.717) is 25.2 Å². The first-order valence-corrected chi connectivity index (χ1v) is 12.0. The van der Waals surface area contributed by atoms with Crippen molar-refractivity contribution in [2.24, 2.45) is 0 Å². The number of carbonyl (C=O) groups is 1. The lowest BCUT2D eigenvalue weighted by atomic mass is 10.0. The van der Waals surface area contributed by atoms with E-state index >= 15 is 0 Å². The Labute approximate surface area is 190 Å². The summed E-state index contributed by atoms with van der Waals surface area (Å²) in [5, 5.41) is 9.68. The Morgan fingerprint density at radius 1 is 1.31 bits per heavy atom. The lowest BCUT2D eigenvalue weighted by Crippen LogP contribution is -2.36. The highest BCUT2D eigenvalue weighted by Gasteiger charge is 2.31. The van der Waals surface area contributed by atoms with Gasteiger partial charge in [0, 0.05) is 34.7 Å². The summed E-state index contributed by atoms with van der Waals surface area (Å²) >= 11 is 1.74. The molecule has 1 amide bonds. The summed E-state index contributed by atoms with van der Waals surface area (Å²) in [6.45, 7) is 4.38. The fourth-order valence-electron chi connectivity index (χ4n) is 4.58. The highest BCUT2D eigenvalue weighted by atomic mass is 32.1. The summed E-state index contributed by atoms with van der Waals surface area (Å²) in [6.07, 6.45) is 3.84. The van der Waals surface area contributed by atoms with E-state index in [4.69, 9.17) is 0 Å². The normalized spacial score (nSPS) is 17.6. The first-order chi connectivity index (χ1) is 15.6. The average Bonchev–Trinajstić information content (AvgIpc) is 3.53. The Balaban J connectivity index is 1.32. The van der Waals surface area contributed by atoms with E-state index in [-0.39, 0.29) is 17.5 Å². The van der Waals surface area contributed by atoms with Gasteiger partial charge in [0.05, 0.1) is 12.6 Å². The highest BCUT2D eigenvalue weighted by molar-refractivity contribution is 7.12. The van der Waals surface area contributed by atoms with Gasteiger partial charge in [-0.1, -0.05) is 37.3 Å². The second kappa shape index (κ2) is 8.88. The molecule has 8 heteroatoms. The van der Waals surface area contributed by atoms with Crippen molar-refractivity contribution in [1.82, 2.24) is 20.2 Å². The van der Waals surface area contributed by atoms with Crippen molar-refractivity contribution in [1.29, 1.82) is 0 Å². The predicted molar refractivity (Wildman–Crippen MR) is 126 cm³/mol. The van der Waals surface area contributed by atoms with Gasteiger partial charge in [0.2, 0.25) is 5.91 Å². The lowest BCUT2D eigenvalue weighted by molar-refractivity contribution is -0.124. The highest BCUT2D eigenvalue weighted by Crippen LogP contribution is 2.28. The molecule has 5 rings (SSSR count). The van der Waals surface area contributed by atoms with Gasteiger partial charge in [-0.05, 0) is 36.5 Å². The van der Waals surface area contributed by atoms with Gasteiger partial charge < -0.3 is 16.0 Å². The quantitative estimate of drug-likeness (QED) is 0.515. The van der Waals surface area contributed by atoms with Crippen LogP contribution >= 0.6 is 11.3 Å². The summed E-state index contributed by atoms with van der Waals surface area (Å²) < 4.78 is 1.63. The first-order valence-electron chi connectivity index (χ1n) is 11.1. The molecule has 2 aliphatic rings. The van der Waals surface area contributed by atoms with Crippen LogP contribution in [-0.4, -0.2) is 15.5 Å². The van der Waals surface area contributed by atoms with Crippen molar-refractivity contribution in [3.05, 3.63) is 79.5 Å². The van der Waals surface area contributed by atoms with E-state index in [0.717, 1.165) is 35.6 Å². The molecular formula is C24H27N5O2S. The first kappa shape index (κ1) is 20.9. The minimum atomic E-state index is -0.494. The minimum Gasteiger partial charge on any atom is -0.359 e. The number of nitrogens with zero attached hydrogens (tertiary/aromatic N) is 2. The summed E-state index contributed by atoms with van der Waals surface area (Å²) in [6, 6.07) is 11.7. The van der Waals surface area contributed by atoms with Crippen LogP contribution in [0.4, 0.5) is 5.82 Å². The van der Waals surface area contributed by atoms with E-state index in [2.05, 4.69) is 33.9 Å². The molecule has 2 aliphatic heterocycles. The molecule has 0 unspecified atom stereocenters. The Morgan fingerprint density at radius 2 is 2.16 bits per heavy atom. The number of fused-ring (bicyclic) bond motifs is 2. The van der Waals surface area contributed by atoms with Crippen molar-refractivity contribution in [3.8, 4) is 0 Å². The molecule has 0 fully saturated rings. The summed E-state index contributed by atoms with van der Waals surface area (Å²) in [5.41, 5.74) is 3.02. The predicted octanol–water partition coefficient (Wildman–Crippen LogP) is 3.27. The van der Waals surface area contributed by atoms with Crippen LogP contribution < -0.4 is 21.5 Å². The van der Waals surface area contributed by atoms with Crippen molar-refractivity contribution >= 4 is 23.1 Å². The van der Waals surface area contributed by atoms with Gasteiger partial charge in [0.25, 0.3) is 5.56 Å². The molecule has 166 valence electrons. The zero-order valence-electron chi connectivity index (χ0n) is 18.1. The van der Waals surface area contributed by atoms with Gasteiger partial charge in [0.1, 0.15) is 6.04 Å². The average molecular weight is 450 g/mol. The fraction of sp³-hybridized carbons (Fsp3) is 0.375. The summed E-state index contributed by atoms with van der Waals surface area (Å²) in [7, 11) is 0. The molecule has 0 saturated carbocycles. The zero-order valence-corrected chi connectivity index (χ0v) is 18.9. The van der Waals surface area contributed by atoms with Gasteiger partial charge in [0.15, 0.2) is 5.82 Å². The largest absolute Gasteiger partial charge is 0.359 e. The third kappa shape index (κ3) is 3.96. The van der Waals surface area contributed by atoms with Crippen molar-refractivity contribution in [3.63, 3.8) is 0 Å². The van der Waals surface area contributed by atoms with E-state index in [9.17, 15) is 9.59 Å². The Kier molecular flexibility index (Phi) is 5.80. The maximum atomic E-state index is 13.3. The van der Waals surface area contributed by atoms with Crippen LogP contribution in [0.25, 0.3) is 0 Å². The van der Waals surface area contributed by atoms with E-state index in [1.807, 2.05) is 30.3 Å². The Hall–Kier alpha value is -2.97. The van der Waals surface area contributed by atoms with Gasteiger partial charge >= 0.3 is 0 Å². The molecule has 0 bridgehead atoms. The number of anilines is 1. The van der Waals surface area contributed by atoms with Gasteiger partial charge in [-0.15, -0.1) is 11.3 Å². The molecule has 3 N–H and O–H groups in total. The van der Waals surface area contributed by atoms with Crippen LogP contribution in [-0.2, 0) is 30.8 Å². The molecule has 0 aliphatic carbocycles. The molecule has 3 aromatic rings. The number of hydrogen-bond acceptors (Lipinski definition) is 6. The number of hydrogen-bond donors (Lipinski definition) is 3. The van der Waals surface area contributed by atoms with Crippen molar-refractivity contribution in [2.75, 3.05) is 5.32 Å². The smallest absolute Gasteiger partial charge is 0.294 e. The van der Waals surface area contributed by atoms with Crippen LogP contribution in [0, 0.1) is 0 Å². The standard InChI is InChI=1S/C24H27N5O2S/c1-2-19(15-6-4-3-5-7-15)28-22-24(31)29-17(12-26-22)8-9-20(29)23(30)27-13-18-10-16-11-25-14-21(16)32-18/h3-7,10,12,19-20,25H,2,8-9,11,13-14H2,1H3,(H,26,28)(H,27,30)/t19-,20+/m1/s1. The minimum absolute atomic E-state index is 0.0148. The third-order valence-corrected chi connectivity index (χ3v) is 7.45. The molecule has 2 aromatic heterocycles. The number of aromatic nitrogens is 2. The molecule has 2 atom stereocenters. The lowest BCUT2D eigenvalue weighted by Gasteiger charge is -2.19. The van der Waals surface area contributed by atoms with E-state index in [1.54, 1.807) is 22.1 Å². The molecule has 4 heterocycles. The van der Waals surface area contributed by atoms with Crippen molar-refractivity contribution < 1.29 is 4.79 Å². The fourth-order valence-corrected chi connectivity index (χ4v) is 5.68. The maximum absolute atomic E-state index is 13.3. The van der Waals surface area contributed by atoms with Gasteiger partial charge in [-0.25, -0.2) is 4.98 Å². The van der Waals surface area contributed by atoms with Crippen LogP contribution in [0.1, 0.15) is 58.4 Å². The Morgan fingerprint density at radius 3 is 2.94 bits per heavy atom. The van der Waals surface area contributed by atoms with Crippen molar-refractivity contribution in [2.45, 2.75) is 57.9 Å². The number of rotatable bonds is 7. The number of nitrogens with one attached hydrogen (secondary N) is 3. The second-order valence-corrected chi connectivity index (χ2v) is 9.55. The van der Waals surface area contributed by atoms with Gasteiger partial charge in [-0.2, -0.15) is 0 Å². The second-order valence-electron chi connectivity index (χ2n) is 8.33. The Bertz CT molecular complexity index is 1170. The summed E-state index contributed by atoms with van der Waals surface area (Å²) in [5.74, 6) is 0.191. The number of thiophene rings is 1. The van der Waals surface area contributed by atoms with Crippen LogP contribution in [0.15, 0.2) is 47.4 Å². The molecule has 0 spiro atoms. The van der Waals surface area contributed by atoms with E-state index < -0.39 is 6.04 Å². The molecule has 32 heavy (non-hydrogen) atoms. The molecule has 7 nitrogen and oxygen atoms in total. The van der Waals surface area contributed by atoms with Crippen LogP contribution in [0.3, 0.4) is 0 Å². The summed E-state index contributed by atoms with van der Waals surface area (Å²) in [4.78, 5) is 33.2. The molecule has 0 saturated heterocycles. The van der Waals surface area contributed by atoms with Crippen LogP contribution in [0.2, 0.25) is 0 Å². The molecule has 0 radical (unpaired) electrons. The number of aryl methyl sites for hydroxylation is 1. The monoisotopic (exact) mass is 449 g/mol. The zero-order chi connectivity index (χ0) is 22.1. The number of amides is 1.